The van der Waals surface area contributed by atoms with Crippen LogP contribution in [0, 0.1) is 0 Å². The highest BCUT2D eigenvalue weighted by Crippen LogP contribution is 2.20. The Morgan fingerprint density at radius 2 is 1.95 bits per heavy atom. The summed E-state index contributed by atoms with van der Waals surface area (Å²) in [5.74, 6) is 0.837. The summed E-state index contributed by atoms with van der Waals surface area (Å²) in [5.41, 5.74) is 7.79. The molecular formula is C16H21N3O2. The summed E-state index contributed by atoms with van der Waals surface area (Å²) in [5, 5.41) is 4.37. The van der Waals surface area contributed by atoms with Crippen molar-refractivity contribution in [1.29, 1.82) is 0 Å². The summed E-state index contributed by atoms with van der Waals surface area (Å²) < 4.78 is 7.00. The molecular weight excluding hydrogens is 266 g/mol. The van der Waals surface area contributed by atoms with Gasteiger partial charge in [0.25, 0.3) is 5.56 Å². The van der Waals surface area contributed by atoms with Crippen molar-refractivity contribution in [1.82, 2.24) is 9.78 Å². The van der Waals surface area contributed by atoms with Crippen molar-refractivity contribution >= 4 is 0 Å². The number of hydrogen-bond acceptors (Lipinski definition) is 4. The SMILES string of the molecule is CCCOc1ccc(-c2cc(CN)c(=O)n(CC)n2)cc1. The molecule has 112 valence electrons. The highest BCUT2D eigenvalue weighted by atomic mass is 16.5. The molecule has 0 spiro atoms. The maximum Gasteiger partial charge on any atom is 0.271 e. The molecule has 0 unspecified atom stereocenters. The minimum absolute atomic E-state index is 0.119. The molecule has 0 fully saturated rings. The van der Waals surface area contributed by atoms with Crippen LogP contribution in [0.5, 0.6) is 5.75 Å². The van der Waals surface area contributed by atoms with Gasteiger partial charge in [0.2, 0.25) is 0 Å². The summed E-state index contributed by atoms with van der Waals surface area (Å²) in [6.07, 6.45) is 0.977. The molecule has 0 atom stereocenters. The fourth-order valence-corrected chi connectivity index (χ4v) is 2.04. The van der Waals surface area contributed by atoms with E-state index in [-0.39, 0.29) is 12.1 Å². The lowest BCUT2D eigenvalue weighted by Gasteiger charge is -2.09. The maximum absolute atomic E-state index is 12.0. The number of aryl methyl sites for hydroxylation is 1. The van der Waals surface area contributed by atoms with Crippen molar-refractivity contribution in [2.45, 2.75) is 33.4 Å². The van der Waals surface area contributed by atoms with Gasteiger partial charge in [0.05, 0.1) is 12.3 Å². The Morgan fingerprint density at radius 3 is 2.52 bits per heavy atom. The molecule has 0 aliphatic carbocycles. The second-order valence-corrected chi connectivity index (χ2v) is 4.75. The number of nitrogens with two attached hydrogens (primary N) is 1. The third-order valence-corrected chi connectivity index (χ3v) is 3.19. The van der Waals surface area contributed by atoms with Crippen LogP contribution in [-0.2, 0) is 13.1 Å². The molecule has 0 bridgehead atoms. The summed E-state index contributed by atoms with van der Waals surface area (Å²) in [4.78, 5) is 12.0. The van der Waals surface area contributed by atoms with Gasteiger partial charge in [0.15, 0.2) is 0 Å². The van der Waals surface area contributed by atoms with Gasteiger partial charge in [-0.2, -0.15) is 5.10 Å². The first-order chi connectivity index (χ1) is 10.2. The van der Waals surface area contributed by atoms with Gasteiger partial charge >= 0.3 is 0 Å². The minimum Gasteiger partial charge on any atom is -0.494 e. The zero-order valence-corrected chi connectivity index (χ0v) is 12.5. The number of ether oxygens (including phenoxy) is 1. The van der Waals surface area contributed by atoms with Crippen LogP contribution in [0.1, 0.15) is 25.8 Å². The van der Waals surface area contributed by atoms with E-state index in [4.69, 9.17) is 10.5 Å². The van der Waals surface area contributed by atoms with Gasteiger partial charge in [-0.3, -0.25) is 4.79 Å². The maximum atomic E-state index is 12.0. The molecule has 0 radical (unpaired) electrons. The fraction of sp³-hybridized carbons (Fsp3) is 0.375. The first-order valence-corrected chi connectivity index (χ1v) is 7.24. The summed E-state index contributed by atoms with van der Waals surface area (Å²) in [7, 11) is 0. The minimum atomic E-state index is -0.119. The van der Waals surface area contributed by atoms with Crippen molar-refractivity contribution in [2.75, 3.05) is 6.61 Å². The van der Waals surface area contributed by atoms with E-state index in [0.29, 0.717) is 18.7 Å². The summed E-state index contributed by atoms with van der Waals surface area (Å²) in [6, 6.07) is 9.47. The molecule has 1 aromatic heterocycles. The van der Waals surface area contributed by atoms with Gasteiger partial charge < -0.3 is 10.5 Å². The van der Waals surface area contributed by atoms with Gasteiger partial charge in [-0.25, -0.2) is 4.68 Å². The molecule has 2 N–H and O–H groups in total. The predicted octanol–water partition coefficient (Wildman–Crippen LogP) is 2.18. The topological polar surface area (TPSA) is 70.1 Å². The average Bonchev–Trinajstić information content (AvgIpc) is 2.53. The first-order valence-electron chi connectivity index (χ1n) is 7.24. The van der Waals surface area contributed by atoms with Crippen LogP contribution in [0.4, 0.5) is 0 Å². The van der Waals surface area contributed by atoms with E-state index >= 15 is 0 Å². The van der Waals surface area contributed by atoms with Gasteiger partial charge in [0, 0.05) is 24.2 Å². The quantitative estimate of drug-likeness (QED) is 0.884. The second kappa shape index (κ2) is 7.04. The molecule has 1 heterocycles. The van der Waals surface area contributed by atoms with Crippen LogP contribution >= 0.6 is 0 Å². The standard InChI is InChI=1S/C16H21N3O2/c1-3-9-21-14-7-5-12(6-8-14)15-10-13(11-17)16(20)19(4-2)18-15/h5-8,10H,3-4,9,11,17H2,1-2H3. The third-order valence-electron chi connectivity index (χ3n) is 3.19. The van der Waals surface area contributed by atoms with Gasteiger partial charge in [-0.15, -0.1) is 0 Å². The second-order valence-electron chi connectivity index (χ2n) is 4.75. The molecule has 0 saturated heterocycles. The summed E-state index contributed by atoms with van der Waals surface area (Å²) in [6.45, 7) is 5.40. The van der Waals surface area contributed by atoms with E-state index in [9.17, 15) is 4.79 Å². The third kappa shape index (κ3) is 3.49. The lowest BCUT2D eigenvalue weighted by molar-refractivity contribution is 0.317. The van der Waals surface area contributed by atoms with Crippen LogP contribution in [0.2, 0.25) is 0 Å². The Morgan fingerprint density at radius 1 is 1.24 bits per heavy atom. The van der Waals surface area contributed by atoms with E-state index in [1.165, 1.54) is 4.68 Å². The molecule has 5 heteroatoms. The Labute approximate surface area is 124 Å². The normalized spacial score (nSPS) is 10.6. The van der Waals surface area contributed by atoms with E-state index in [1.54, 1.807) is 6.07 Å². The fourth-order valence-electron chi connectivity index (χ4n) is 2.04. The first kappa shape index (κ1) is 15.3. The average molecular weight is 287 g/mol. The van der Waals surface area contributed by atoms with Gasteiger partial charge in [0.1, 0.15) is 5.75 Å². The van der Waals surface area contributed by atoms with E-state index in [1.807, 2.05) is 31.2 Å². The van der Waals surface area contributed by atoms with Crippen LogP contribution < -0.4 is 16.0 Å². The van der Waals surface area contributed by atoms with E-state index in [0.717, 1.165) is 23.4 Å². The zero-order valence-electron chi connectivity index (χ0n) is 12.5. The molecule has 21 heavy (non-hydrogen) atoms. The molecule has 1 aromatic carbocycles. The monoisotopic (exact) mass is 287 g/mol. The van der Waals surface area contributed by atoms with Crippen LogP contribution in [0.15, 0.2) is 35.1 Å². The number of aromatic nitrogens is 2. The van der Waals surface area contributed by atoms with E-state index < -0.39 is 0 Å². The molecule has 0 aliphatic rings. The lowest BCUT2D eigenvalue weighted by Crippen LogP contribution is -2.27. The van der Waals surface area contributed by atoms with Crippen molar-refractivity contribution in [2.24, 2.45) is 5.73 Å². The number of rotatable bonds is 6. The Hall–Kier alpha value is -2.14. The number of benzene rings is 1. The van der Waals surface area contributed by atoms with E-state index in [2.05, 4.69) is 12.0 Å². The highest BCUT2D eigenvalue weighted by molar-refractivity contribution is 5.60. The molecule has 0 aliphatic heterocycles. The van der Waals surface area contributed by atoms with Crippen LogP contribution in [0.3, 0.4) is 0 Å². The summed E-state index contributed by atoms with van der Waals surface area (Å²) >= 11 is 0. The smallest absolute Gasteiger partial charge is 0.271 e. The zero-order chi connectivity index (χ0) is 15.2. The van der Waals surface area contributed by atoms with Crippen LogP contribution in [0.25, 0.3) is 11.3 Å². The van der Waals surface area contributed by atoms with Gasteiger partial charge in [-0.05, 0) is 43.7 Å². The van der Waals surface area contributed by atoms with Crippen molar-refractivity contribution < 1.29 is 4.74 Å². The number of hydrogen-bond donors (Lipinski definition) is 1. The predicted molar refractivity (Wildman–Crippen MR) is 83.3 cm³/mol. The molecule has 5 nitrogen and oxygen atoms in total. The van der Waals surface area contributed by atoms with Gasteiger partial charge in [-0.1, -0.05) is 6.92 Å². The lowest BCUT2D eigenvalue weighted by atomic mass is 10.1. The van der Waals surface area contributed by atoms with Crippen molar-refractivity contribution in [3.63, 3.8) is 0 Å². The molecule has 0 amide bonds. The van der Waals surface area contributed by atoms with Crippen LogP contribution in [-0.4, -0.2) is 16.4 Å². The largest absolute Gasteiger partial charge is 0.494 e. The molecule has 2 aromatic rings. The molecule has 2 rings (SSSR count). The highest BCUT2D eigenvalue weighted by Gasteiger charge is 2.08. The van der Waals surface area contributed by atoms with Crippen molar-refractivity contribution in [3.8, 4) is 17.0 Å². The Balaban J connectivity index is 2.35. The van der Waals surface area contributed by atoms with Crippen molar-refractivity contribution in [3.05, 3.63) is 46.2 Å². The number of nitrogens with zero attached hydrogens (tertiary/aromatic N) is 2. The molecule has 0 saturated carbocycles. The Kier molecular flexibility index (Phi) is 5.11. The Bertz CT molecular complexity index is 619.